The molecular formula is C14H20FN. The third kappa shape index (κ3) is 4.15. The van der Waals surface area contributed by atoms with Crippen molar-refractivity contribution in [3.05, 3.63) is 48.3 Å². The fraction of sp³-hybridized carbons (Fsp3) is 0.429. The Bertz CT molecular complexity index is 335. The molecule has 0 spiro atoms. The predicted molar refractivity (Wildman–Crippen MR) is 66.8 cm³/mol. The molecular weight excluding hydrogens is 201 g/mol. The van der Waals surface area contributed by atoms with Crippen molar-refractivity contribution >= 4 is 0 Å². The van der Waals surface area contributed by atoms with Crippen LogP contribution in [0.1, 0.15) is 38.3 Å². The average Bonchev–Trinajstić information content (AvgIpc) is 2.26. The van der Waals surface area contributed by atoms with Crippen LogP contribution in [0, 0.1) is 5.82 Å². The van der Waals surface area contributed by atoms with Gasteiger partial charge in [0.15, 0.2) is 0 Å². The molecule has 0 radical (unpaired) electrons. The van der Waals surface area contributed by atoms with Crippen LogP contribution in [0.5, 0.6) is 0 Å². The molecule has 0 heterocycles. The Morgan fingerprint density at radius 1 is 1.44 bits per heavy atom. The molecule has 0 aliphatic heterocycles. The topological polar surface area (TPSA) is 12.0 Å². The van der Waals surface area contributed by atoms with Crippen molar-refractivity contribution in [2.75, 3.05) is 0 Å². The molecule has 88 valence electrons. The molecule has 1 N–H and O–H groups in total. The van der Waals surface area contributed by atoms with E-state index >= 15 is 0 Å². The second-order valence-electron chi connectivity index (χ2n) is 4.21. The summed E-state index contributed by atoms with van der Waals surface area (Å²) < 4.78 is 13.0. The third-order valence-corrected chi connectivity index (χ3v) is 2.69. The first-order valence-corrected chi connectivity index (χ1v) is 5.76. The molecule has 0 saturated carbocycles. The van der Waals surface area contributed by atoms with Crippen LogP contribution in [0.25, 0.3) is 0 Å². The largest absolute Gasteiger partial charge is 0.308 e. The highest BCUT2D eigenvalue weighted by molar-refractivity contribution is 5.19. The lowest BCUT2D eigenvalue weighted by Crippen LogP contribution is -2.28. The molecule has 1 nitrogen and oxygen atoms in total. The van der Waals surface area contributed by atoms with Gasteiger partial charge in [-0.15, -0.1) is 6.58 Å². The molecule has 0 aliphatic rings. The molecule has 0 amide bonds. The van der Waals surface area contributed by atoms with E-state index < -0.39 is 0 Å². The van der Waals surface area contributed by atoms with Gasteiger partial charge in [-0.05, 0) is 44.4 Å². The van der Waals surface area contributed by atoms with Crippen molar-refractivity contribution < 1.29 is 4.39 Å². The highest BCUT2D eigenvalue weighted by Gasteiger charge is 2.09. The summed E-state index contributed by atoms with van der Waals surface area (Å²) in [5.41, 5.74) is 0.991. The van der Waals surface area contributed by atoms with E-state index in [4.69, 9.17) is 0 Å². The molecule has 0 aliphatic carbocycles. The summed E-state index contributed by atoms with van der Waals surface area (Å²) in [4.78, 5) is 0. The van der Waals surface area contributed by atoms with Gasteiger partial charge in [-0.3, -0.25) is 0 Å². The Morgan fingerprint density at radius 2 is 2.19 bits per heavy atom. The lowest BCUT2D eigenvalue weighted by molar-refractivity contribution is 0.457. The van der Waals surface area contributed by atoms with Crippen molar-refractivity contribution in [1.82, 2.24) is 5.32 Å². The first-order valence-electron chi connectivity index (χ1n) is 5.76. The Morgan fingerprint density at radius 3 is 2.81 bits per heavy atom. The minimum absolute atomic E-state index is 0.176. The molecule has 1 unspecified atom stereocenters. The third-order valence-electron chi connectivity index (χ3n) is 2.69. The van der Waals surface area contributed by atoms with Crippen LogP contribution in [0.4, 0.5) is 4.39 Å². The zero-order valence-electron chi connectivity index (χ0n) is 10.0. The van der Waals surface area contributed by atoms with E-state index in [9.17, 15) is 4.39 Å². The van der Waals surface area contributed by atoms with Crippen LogP contribution >= 0.6 is 0 Å². The van der Waals surface area contributed by atoms with E-state index in [1.54, 1.807) is 12.1 Å². The SMILES string of the molecule is C=CCCC(C)N[C@H](C)c1cccc(F)c1. The molecule has 0 aromatic heterocycles. The molecule has 2 heteroatoms. The smallest absolute Gasteiger partial charge is 0.123 e. The monoisotopic (exact) mass is 221 g/mol. The summed E-state index contributed by atoms with van der Waals surface area (Å²) in [6, 6.07) is 7.33. The fourth-order valence-corrected chi connectivity index (χ4v) is 1.75. The molecule has 0 fully saturated rings. The van der Waals surface area contributed by atoms with Gasteiger partial charge >= 0.3 is 0 Å². The standard InChI is InChI=1S/C14H20FN/c1-4-5-7-11(2)16-12(3)13-8-6-9-14(15)10-13/h4,6,8-12,16H,1,5,7H2,2-3H3/t11?,12-/m1/s1. The summed E-state index contributed by atoms with van der Waals surface area (Å²) in [5.74, 6) is -0.176. The molecule has 0 saturated heterocycles. The molecule has 16 heavy (non-hydrogen) atoms. The highest BCUT2D eigenvalue weighted by Crippen LogP contribution is 2.15. The van der Waals surface area contributed by atoms with E-state index in [0.29, 0.717) is 6.04 Å². The van der Waals surface area contributed by atoms with Gasteiger partial charge in [0, 0.05) is 12.1 Å². The van der Waals surface area contributed by atoms with E-state index in [1.807, 2.05) is 12.1 Å². The average molecular weight is 221 g/mol. The van der Waals surface area contributed by atoms with Crippen LogP contribution < -0.4 is 5.32 Å². The number of benzene rings is 1. The van der Waals surface area contributed by atoms with Gasteiger partial charge in [0.1, 0.15) is 5.82 Å². The van der Waals surface area contributed by atoms with Gasteiger partial charge in [-0.2, -0.15) is 0 Å². The van der Waals surface area contributed by atoms with Crippen LogP contribution in [0.15, 0.2) is 36.9 Å². The molecule has 1 aromatic carbocycles. The van der Waals surface area contributed by atoms with Crippen LogP contribution in [-0.2, 0) is 0 Å². The minimum Gasteiger partial charge on any atom is -0.308 e. The number of nitrogens with one attached hydrogen (secondary N) is 1. The molecule has 2 atom stereocenters. The van der Waals surface area contributed by atoms with Gasteiger partial charge in [-0.1, -0.05) is 18.2 Å². The first-order chi connectivity index (χ1) is 7.63. The number of rotatable bonds is 6. The lowest BCUT2D eigenvalue weighted by atomic mass is 10.1. The lowest BCUT2D eigenvalue weighted by Gasteiger charge is -2.20. The molecule has 1 rings (SSSR count). The maximum Gasteiger partial charge on any atom is 0.123 e. The summed E-state index contributed by atoms with van der Waals surface area (Å²) in [6.45, 7) is 7.90. The Labute approximate surface area is 97.4 Å². The first kappa shape index (κ1) is 12.9. The minimum atomic E-state index is -0.176. The van der Waals surface area contributed by atoms with E-state index in [0.717, 1.165) is 18.4 Å². The van der Waals surface area contributed by atoms with Crippen LogP contribution in [-0.4, -0.2) is 6.04 Å². The fourth-order valence-electron chi connectivity index (χ4n) is 1.75. The maximum absolute atomic E-state index is 13.0. The number of hydrogen-bond acceptors (Lipinski definition) is 1. The summed E-state index contributed by atoms with van der Waals surface area (Å²) in [7, 11) is 0. The quantitative estimate of drug-likeness (QED) is 0.720. The van der Waals surface area contributed by atoms with Gasteiger partial charge in [-0.25, -0.2) is 4.39 Å². The zero-order chi connectivity index (χ0) is 12.0. The van der Waals surface area contributed by atoms with Crippen molar-refractivity contribution in [2.45, 2.75) is 38.8 Å². The van der Waals surface area contributed by atoms with E-state index in [1.165, 1.54) is 6.07 Å². The van der Waals surface area contributed by atoms with Crippen molar-refractivity contribution in [1.29, 1.82) is 0 Å². The van der Waals surface area contributed by atoms with Gasteiger partial charge in [0.2, 0.25) is 0 Å². The Hall–Kier alpha value is -1.15. The van der Waals surface area contributed by atoms with Crippen LogP contribution in [0.2, 0.25) is 0 Å². The maximum atomic E-state index is 13.0. The second kappa shape index (κ2) is 6.44. The van der Waals surface area contributed by atoms with Crippen molar-refractivity contribution in [3.8, 4) is 0 Å². The highest BCUT2D eigenvalue weighted by atomic mass is 19.1. The van der Waals surface area contributed by atoms with E-state index in [-0.39, 0.29) is 11.9 Å². The van der Waals surface area contributed by atoms with Gasteiger partial charge in [0.05, 0.1) is 0 Å². The number of allylic oxidation sites excluding steroid dienone is 1. The number of hydrogen-bond donors (Lipinski definition) is 1. The molecule has 0 bridgehead atoms. The van der Waals surface area contributed by atoms with Gasteiger partial charge < -0.3 is 5.32 Å². The van der Waals surface area contributed by atoms with Gasteiger partial charge in [0.25, 0.3) is 0 Å². The normalized spacial score (nSPS) is 14.4. The summed E-state index contributed by atoms with van der Waals surface area (Å²) in [5, 5.41) is 3.44. The Kier molecular flexibility index (Phi) is 5.20. The summed E-state index contributed by atoms with van der Waals surface area (Å²) in [6.07, 6.45) is 3.98. The van der Waals surface area contributed by atoms with E-state index in [2.05, 4.69) is 25.7 Å². The second-order valence-corrected chi connectivity index (χ2v) is 4.21. The van der Waals surface area contributed by atoms with Crippen molar-refractivity contribution in [3.63, 3.8) is 0 Å². The zero-order valence-corrected chi connectivity index (χ0v) is 10.0. The van der Waals surface area contributed by atoms with Crippen LogP contribution in [0.3, 0.4) is 0 Å². The van der Waals surface area contributed by atoms with Crippen molar-refractivity contribution in [2.24, 2.45) is 0 Å². The molecule has 1 aromatic rings. The number of halogens is 1. The summed E-state index contributed by atoms with van der Waals surface area (Å²) >= 11 is 0. The Balaban J connectivity index is 2.51. The predicted octanol–water partition coefficient (Wildman–Crippen LogP) is 3.83.